The van der Waals surface area contributed by atoms with E-state index >= 15 is 0 Å². The van der Waals surface area contributed by atoms with Gasteiger partial charge in [-0.25, -0.2) is 0 Å². The minimum atomic E-state index is 0.550. The molecule has 4 rings (SSSR count). The van der Waals surface area contributed by atoms with Gasteiger partial charge in [-0.05, 0) is 66.4 Å². The molecule has 182 valence electrons. The number of nitrogens with one attached hydrogen (secondary N) is 1. The van der Waals surface area contributed by atoms with Crippen molar-refractivity contribution in [2.24, 2.45) is 11.8 Å². The first-order valence-electron chi connectivity index (χ1n) is 12.1. The van der Waals surface area contributed by atoms with E-state index in [1.165, 1.54) is 42.3 Å². The molecule has 0 amide bonds. The van der Waals surface area contributed by atoms with Gasteiger partial charge >= 0.3 is 0 Å². The summed E-state index contributed by atoms with van der Waals surface area (Å²) in [5.41, 5.74) is 3.81. The van der Waals surface area contributed by atoms with Gasteiger partial charge in [0.05, 0.1) is 25.2 Å². The van der Waals surface area contributed by atoms with Crippen molar-refractivity contribution in [2.45, 2.75) is 45.2 Å². The third-order valence-corrected chi connectivity index (χ3v) is 8.03. The molecule has 4 atom stereocenters. The highest BCUT2D eigenvalue weighted by Gasteiger charge is 2.30. The highest BCUT2D eigenvalue weighted by molar-refractivity contribution is 9.10. The molecule has 2 aromatic carbocycles. The van der Waals surface area contributed by atoms with Crippen LogP contribution in [0.4, 0.5) is 0 Å². The van der Waals surface area contributed by atoms with Crippen LogP contribution in [-0.4, -0.2) is 30.5 Å². The normalized spacial score (nSPS) is 22.7. The van der Waals surface area contributed by atoms with Gasteiger partial charge < -0.3 is 9.64 Å². The van der Waals surface area contributed by atoms with Gasteiger partial charge in [0.15, 0.2) is 0 Å². The van der Waals surface area contributed by atoms with Crippen molar-refractivity contribution in [3.8, 4) is 5.75 Å². The van der Waals surface area contributed by atoms with Crippen molar-refractivity contribution in [2.75, 3.05) is 19.5 Å². The maximum Gasteiger partial charge on any atom is 0.119 e. The van der Waals surface area contributed by atoms with E-state index in [0.29, 0.717) is 17.9 Å². The van der Waals surface area contributed by atoms with Crippen molar-refractivity contribution in [3.05, 3.63) is 83.0 Å². The highest BCUT2D eigenvalue weighted by Crippen LogP contribution is 2.27. The molecule has 1 aromatic heterocycles. The Hall–Kier alpha value is -1.69. The van der Waals surface area contributed by atoms with Gasteiger partial charge in [0.25, 0.3) is 0 Å². The first-order valence-corrected chi connectivity index (χ1v) is 14.5. The molecule has 0 saturated carbocycles. The molecule has 3 nitrogen and oxygen atoms in total. The number of para-hydroxylation sites is 1. The van der Waals surface area contributed by atoms with Crippen molar-refractivity contribution in [3.63, 3.8) is 0 Å². The topological polar surface area (TPSA) is 26.6 Å². The monoisotopic (exact) mass is 587 g/mol. The Balaban J connectivity index is 0.00000158. The second-order valence-corrected chi connectivity index (χ2v) is 10.0. The number of nitrogens with zero attached hydrogens (tertiary/aromatic N) is 1. The number of halogens is 2. The molecule has 1 aliphatic rings. The number of aromatic nitrogens is 1. The maximum absolute atomic E-state index is 5.51. The van der Waals surface area contributed by atoms with Crippen molar-refractivity contribution in [1.82, 2.24) is 4.98 Å². The molecule has 1 fully saturated rings. The second-order valence-electron chi connectivity index (χ2n) is 9.17. The molecule has 0 radical (unpaired) electrons. The Morgan fingerprint density at radius 3 is 2.65 bits per heavy atom. The number of benzene rings is 2. The van der Waals surface area contributed by atoms with Gasteiger partial charge in [0.2, 0.25) is 0 Å². The fourth-order valence-corrected chi connectivity index (χ4v) is 5.59. The minimum absolute atomic E-state index is 0.550. The van der Waals surface area contributed by atoms with E-state index in [1.54, 1.807) is 12.0 Å². The number of quaternary nitrogens is 1. The van der Waals surface area contributed by atoms with Crippen LogP contribution in [0.3, 0.4) is 0 Å². The Labute approximate surface area is 221 Å². The predicted octanol–water partition coefficient (Wildman–Crippen LogP) is 6.64. The number of alkyl halides is 1. The standard InChI is InChI=1S/C28H33BrN2O.CH3Br/c1-4-21-9-10-24(17-22-13-15-30-28-8-6-5-7-26(22)28)31(16-14-20(21)2)19-23-18-25(32-3)11-12-27(23)29;1-2/h4-8,11-13,15,18,20-21,24H,1,9-10,14,16-17,19H2,2-3H3;1H3/p+1. The lowest BCUT2D eigenvalue weighted by molar-refractivity contribution is -0.940. The number of hydrogen-bond acceptors (Lipinski definition) is 2. The van der Waals surface area contributed by atoms with Crippen molar-refractivity contribution < 1.29 is 9.64 Å². The van der Waals surface area contributed by atoms with E-state index in [9.17, 15) is 0 Å². The Morgan fingerprint density at radius 2 is 1.88 bits per heavy atom. The second kappa shape index (κ2) is 13.4. The van der Waals surface area contributed by atoms with Gasteiger partial charge in [-0.15, -0.1) is 6.58 Å². The van der Waals surface area contributed by atoms with E-state index in [-0.39, 0.29) is 0 Å². The smallest absolute Gasteiger partial charge is 0.119 e. The molecule has 0 aliphatic carbocycles. The number of fused-ring (bicyclic) bond motifs is 1. The largest absolute Gasteiger partial charge is 0.497 e. The third kappa shape index (κ3) is 6.71. The first kappa shape index (κ1) is 26.9. The molecule has 3 aromatic rings. The molecule has 0 bridgehead atoms. The average Bonchev–Trinajstić information content (AvgIpc) is 2.87. The fraction of sp³-hybridized carbons (Fsp3) is 0.414. The van der Waals surface area contributed by atoms with Crippen molar-refractivity contribution in [1.29, 1.82) is 0 Å². The van der Waals surface area contributed by atoms with E-state index in [2.05, 4.69) is 98.9 Å². The van der Waals surface area contributed by atoms with E-state index in [4.69, 9.17) is 4.74 Å². The van der Waals surface area contributed by atoms with E-state index in [0.717, 1.165) is 28.7 Å². The van der Waals surface area contributed by atoms with Crippen LogP contribution in [0.25, 0.3) is 10.9 Å². The summed E-state index contributed by atoms with van der Waals surface area (Å²) in [5.74, 6) is 4.02. The van der Waals surface area contributed by atoms with Gasteiger partial charge in [0, 0.05) is 34.5 Å². The molecule has 1 N–H and O–H groups in total. The molecule has 0 spiro atoms. The van der Waals surface area contributed by atoms with Crippen LogP contribution in [0.5, 0.6) is 5.75 Å². The highest BCUT2D eigenvalue weighted by atomic mass is 79.9. The van der Waals surface area contributed by atoms with Gasteiger partial charge in [-0.3, -0.25) is 4.98 Å². The Kier molecular flexibility index (Phi) is 10.6. The average molecular weight is 589 g/mol. The third-order valence-electron chi connectivity index (χ3n) is 7.26. The van der Waals surface area contributed by atoms with Gasteiger partial charge in [-0.2, -0.15) is 0 Å². The number of hydrogen-bond donors (Lipinski definition) is 1. The molecule has 1 saturated heterocycles. The lowest BCUT2D eigenvalue weighted by Crippen LogP contribution is -3.15. The summed E-state index contributed by atoms with van der Waals surface area (Å²) in [6, 6.07) is 17.6. The summed E-state index contributed by atoms with van der Waals surface area (Å²) >= 11 is 6.72. The summed E-state index contributed by atoms with van der Waals surface area (Å²) in [5, 5.41) is 1.28. The maximum atomic E-state index is 5.51. The number of allylic oxidation sites excluding steroid dienone is 1. The minimum Gasteiger partial charge on any atom is -0.497 e. The molecule has 34 heavy (non-hydrogen) atoms. The zero-order valence-corrected chi connectivity index (χ0v) is 23.7. The first-order chi connectivity index (χ1) is 16.6. The fourth-order valence-electron chi connectivity index (χ4n) is 5.20. The van der Waals surface area contributed by atoms with Crippen LogP contribution in [0, 0.1) is 11.8 Å². The summed E-state index contributed by atoms with van der Waals surface area (Å²) in [7, 11) is 1.74. The zero-order chi connectivity index (χ0) is 24.5. The van der Waals surface area contributed by atoms with Crippen molar-refractivity contribution >= 4 is 42.8 Å². The summed E-state index contributed by atoms with van der Waals surface area (Å²) in [6.45, 7) is 8.70. The number of likely N-dealkylation sites (tertiary alicyclic amines) is 1. The quantitative estimate of drug-likeness (QED) is 0.258. The lowest BCUT2D eigenvalue weighted by Gasteiger charge is -2.35. The molecule has 5 heteroatoms. The molecular formula is C29H37Br2N2O+. The number of pyridine rings is 1. The van der Waals surface area contributed by atoms with Crippen LogP contribution in [0.1, 0.15) is 37.3 Å². The molecular weight excluding hydrogens is 552 g/mol. The number of ether oxygens (including phenoxy) is 1. The van der Waals surface area contributed by atoms with Crippen LogP contribution in [0.2, 0.25) is 0 Å². The van der Waals surface area contributed by atoms with Gasteiger partial charge in [0.1, 0.15) is 12.3 Å². The summed E-state index contributed by atoms with van der Waals surface area (Å²) in [4.78, 5) is 6.24. The predicted molar refractivity (Wildman–Crippen MR) is 151 cm³/mol. The summed E-state index contributed by atoms with van der Waals surface area (Å²) in [6.07, 6.45) is 8.86. The van der Waals surface area contributed by atoms with Crippen LogP contribution >= 0.6 is 31.9 Å². The number of methoxy groups -OCH3 is 1. The summed E-state index contributed by atoms with van der Waals surface area (Å²) < 4.78 is 6.68. The zero-order valence-electron chi connectivity index (χ0n) is 20.6. The van der Waals surface area contributed by atoms with E-state index < -0.39 is 0 Å². The Morgan fingerprint density at radius 1 is 1.09 bits per heavy atom. The van der Waals surface area contributed by atoms with Crippen LogP contribution < -0.4 is 9.64 Å². The van der Waals surface area contributed by atoms with Gasteiger partial charge in [-0.1, -0.05) is 63.1 Å². The van der Waals surface area contributed by atoms with E-state index in [1.807, 2.05) is 18.1 Å². The van der Waals surface area contributed by atoms with Crippen LogP contribution in [-0.2, 0) is 13.0 Å². The molecule has 2 heterocycles. The molecule has 4 unspecified atom stereocenters. The molecule has 1 aliphatic heterocycles. The van der Waals surface area contributed by atoms with Crippen LogP contribution in [0.15, 0.2) is 71.9 Å². The Bertz CT molecular complexity index is 1070. The number of rotatable bonds is 6. The lowest BCUT2D eigenvalue weighted by atomic mass is 9.83. The SMILES string of the molecule is C=CC1CCC(Cc2ccnc3ccccc23)[NH+](Cc2cc(OC)ccc2Br)CCC1C.CBr.